The maximum Gasteiger partial charge on any atom is 0.270 e. The Bertz CT molecular complexity index is 528. The zero-order valence-corrected chi connectivity index (χ0v) is 8.26. The molecule has 0 saturated carbocycles. The van der Waals surface area contributed by atoms with Gasteiger partial charge in [-0.15, -0.1) is 0 Å². The standard InChI is InChI=1S/C10H6N2O4/c1-6(14)9-3-8(12(15)16)2-7(5-13)10(9)4-11/h2-3,5H,1H3. The molecule has 80 valence electrons. The molecule has 1 aromatic carbocycles. The number of non-ortho nitro benzene ring substituents is 1. The van der Waals surface area contributed by atoms with Gasteiger partial charge >= 0.3 is 0 Å². The van der Waals surface area contributed by atoms with E-state index in [1.807, 2.05) is 0 Å². The van der Waals surface area contributed by atoms with E-state index in [0.29, 0.717) is 6.29 Å². The van der Waals surface area contributed by atoms with Crippen LogP contribution in [0.4, 0.5) is 5.69 Å². The van der Waals surface area contributed by atoms with E-state index in [1.165, 1.54) is 6.92 Å². The highest BCUT2D eigenvalue weighted by atomic mass is 16.6. The molecule has 16 heavy (non-hydrogen) atoms. The maximum absolute atomic E-state index is 11.2. The van der Waals surface area contributed by atoms with Crippen molar-refractivity contribution in [2.24, 2.45) is 0 Å². The fraction of sp³-hybridized carbons (Fsp3) is 0.100. The van der Waals surface area contributed by atoms with Crippen molar-refractivity contribution < 1.29 is 14.5 Å². The summed E-state index contributed by atoms with van der Waals surface area (Å²) in [6, 6.07) is 3.65. The molecule has 0 aromatic heterocycles. The number of nitro groups is 1. The van der Waals surface area contributed by atoms with Crippen LogP contribution in [0.3, 0.4) is 0 Å². The van der Waals surface area contributed by atoms with Crippen molar-refractivity contribution in [3.8, 4) is 6.07 Å². The van der Waals surface area contributed by atoms with E-state index >= 15 is 0 Å². The van der Waals surface area contributed by atoms with Gasteiger partial charge in [-0.1, -0.05) is 0 Å². The van der Waals surface area contributed by atoms with E-state index in [1.54, 1.807) is 6.07 Å². The third kappa shape index (κ3) is 1.93. The van der Waals surface area contributed by atoms with Crippen molar-refractivity contribution >= 4 is 17.8 Å². The quantitative estimate of drug-likeness (QED) is 0.331. The van der Waals surface area contributed by atoms with Crippen LogP contribution in [0.2, 0.25) is 0 Å². The topological polar surface area (TPSA) is 101 Å². The minimum atomic E-state index is -0.722. The molecule has 0 aliphatic heterocycles. The number of Topliss-reactive ketones (excluding diaryl/α,β-unsaturated/α-hetero) is 1. The Morgan fingerprint density at radius 2 is 2.19 bits per heavy atom. The van der Waals surface area contributed by atoms with Gasteiger partial charge in [0.05, 0.1) is 10.5 Å². The van der Waals surface area contributed by atoms with Gasteiger partial charge in [0, 0.05) is 23.3 Å². The lowest BCUT2D eigenvalue weighted by Crippen LogP contribution is -2.03. The van der Waals surface area contributed by atoms with Gasteiger partial charge in [-0.25, -0.2) is 0 Å². The molecule has 6 heteroatoms. The van der Waals surface area contributed by atoms with Crippen molar-refractivity contribution in [2.45, 2.75) is 6.92 Å². The van der Waals surface area contributed by atoms with Gasteiger partial charge in [0.1, 0.15) is 6.07 Å². The van der Waals surface area contributed by atoms with Crippen molar-refractivity contribution in [1.29, 1.82) is 5.26 Å². The fourth-order valence-electron chi connectivity index (χ4n) is 1.25. The van der Waals surface area contributed by atoms with E-state index < -0.39 is 10.7 Å². The molecule has 6 nitrogen and oxygen atoms in total. The number of carbonyl (C=O) groups is 2. The van der Waals surface area contributed by atoms with E-state index in [2.05, 4.69) is 0 Å². The summed E-state index contributed by atoms with van der Waals surface area (Å²) in [7, 11) is 0. The number of benzene rings is 1. The van der Waals surface area contributed by atoms with E-state index in [4.69, 9.17) is 5.26 Å². The summed E-state index contributed by atoms with van der Waals surface area (Å²) >= 11 is 0. The first kappa shape index (κ1) is 11.5. The Balaban J connectivity index is 3.64. The summed E-state index contributed by atoms with van der Waals surface area (Å²) in [4.78, 5) is 31.6. The maximum atomic E-state index is 11.2. The molecule has 0 fully saturated rings. The predicted octanol–water partition coefficient (Wildman–Crippen LogP) is 1.48. The second-order valence-electron chi connectivity index (χ2n) is 3.00. The predicted molar refractivity (Wildman–Crippen MR) is 53.2 cm³/mol. The van der Waals surface area contributed by atoms with E-state index in [-0.39, 0.29) is 22.4 Å². The Kier molecular flexibility index (Phi) is 3.11. The van der Waals surface area contributed by atoms with Crippen molar-refractivity contribution in [2.75, 3.05) is 0 Å². The van der Waals surface area contributed by atoms with Crippen LogP contribution in [0.15, 0.2) is 12.1 Å². The average molecular weight is 218 g/mol. The molecule has 0 radical (unpaired) electrons. The summed E-state index contributed by atoms with van der Waals surface area (Å²) in [6.45, 7) is 1.18. The van der Waals surface area contributed by atoms with Crippen molar-refractivity contribution in [3.05, 3.63) is 38.9 Å². The molecular formula is C10H6N2O4. The number of nitro benzene ring substituents is 1. The molecule has 0 N–H and O–H groups in total. The molecule has 0 unspecified atom stereocenters. The van der Waals surface area contributed by atoms with Gasteiger partial charge in [0.2, 0.25) is 0 Å². The summed E-state index contributed by atoms with van der Waals surface area (Å²) in [5, 5.41) is 19.3. The summed E-state index contributed by atoms with van der Waals surface area (Å²) in [5.74, 6) is -0.497. The SMILES string of the molecule is CC(=O)c1cc([N+](=O)[O-])cc(C=O)c1C#N. The van der Waals surface area contributed by atoms with Crippen molar-refractivity contribution in [3.63, 3.8) is 0 Å². The first-order chi connectivity index (χ1) is 7.51. The molecule has 0 aliphatic carbocycles. The number of hydrogen-bond acceptors (Lipinski definition) is 5. The lowest BCUT2D eigenvalue weighted by atomic mass is 9.99. The smallest absolute Gasteiger partial charge is 0.270 e. The number of nitriles is 1. The normalized spacial score (nSPS) is 9.25. The van der Waals surface area contributed by atoms with Gasteiger partial charge in [-0.05, 0) is 6.92 Å². The molecule has 0 bridgehead atoms. The van der Waals surface area contributed by atoms with Crippen LogP contribution in [0.25, 0.3) is 0 Å². The molecule has 0 saturated heterocycles. The number of carbonyl (C=O) groups excluding carboxylic acids is 2. The highest BCUT2D eigenvalue weighted by Crippen LogP contribution is 2.21. The van der Waals surface area contributed by atoms with E-state index in [0.717, 1.165) is 12.1 Å². The number of rotatable bonds is 3. The first-order valence-electron chi connectivity index (χ1n) is 4.20. The number of aldehydes is 1. The van der Waals surface area contributed by atoms with Crippen LogP contribution in [-0.2, 0) is 0 Å². The van der Waals surface area contributed by atoms with Gasteiger partial charge in [0.25, 0.3) is 5.69 Å². The molecule has 0 amide bonds. The molecule has 0 atom stereocenters. The van der Waals surface area contributed by atoms with Crippen LogP contribution in [-0.4, -0.2) is 17.0 Å². The second-order valence-corrected chi connectivity index (χ2v) is 3.00. The molecule has 1 rings (SSSR count). The third-order valence-corrected chi connectivity index (χ3v) is 1.98. The van der Waals surface area contributed by atoms with Gasteiger partial charge in [-0.3, -0.25) is 19.7 Å². The molecule has 0 aliphatic rings. The number of ketones is 1. The minimum Gasteiger partial charge on any atom is -0.298 e. The number of nitrogens with zero attached hydrogens (tertiary/aromatic N) is 2. The number of hydrogen-bond donors (Lipinski definition) is 0. The Morgan fingerprint density at radius 1 is 1.56 bits per heavy atom. The van der Waals surface area contributed by atoms with Crippen LogP contribution < -0.4 is 0 Å². The monoisotopic (exact) mass is 218 g/mol. The summed E-state index contributed by atoms with van der Waals surface area (Å²) in [5.41, 5.74) is -0.778. The van der Waals surface area contributed by atoms with Gasteiger partial charge in [0.15, 0.2) is 12.1 Å². The highest BCUT2D eigenvalue weighted by molar-refractivity contribution is 6.00. The second kappa shape index (κ2) is 4.31. The van der Waals surface area contributed by atoms with Crippen LogP contribution >= 0.6 is 0 Å². The summed E-state index contributed by atoms with van der Waals surface area (Å²) in [6.07, 6.45) is 0.317. The van der Waals surface area contributed by atoms with Crippen LogP contribution in [0.1, 0.15) is 33.2 Å². The highest BCUT2D eigenvalue weighted by Gasteiger charge is 2.18. The first-order valence-corrected chi connectivity index (χ1v) is 4.20. The summed E-state index contributed by atoms with van der Waals surface area (Å²) < 4.78 is 0. The zero-order valence-electron chi connectivity index (χ0n) is 8.26. The Hall–Kier alpha value is -2.55. The van der Waals surface area contributed by atoms with Gasteiger partial charge in [-0.2, -0.15) is 5.26 Å². The lowest BCUT2D eigenvalue weighted by Gasteiger charge is -2.02. The van der Waals surface area contributed by atoms with Gasteiger partial charge < -0.3 is 0 Å². The third-order valence-electron chi connectivity index (χ3n) is 1.98. The lowest BCUT2D eigenvalue weighted by molar-refractivity contribution is -0.384. The van der Waals surface area contributed by atoms with Crippen molar-refractivity contribution in [1.82, 2.24) is 0 Å². The molecule has 0 heterocycles. The van der Waals surface area contributed by atoms with E-state index in [9.17, 15) is 19.7 Å². The molecule has 0 spiro atoms. The average Bonchev–Trinajstić information content (AvgIpc) is 2.26. The Morgan fingerprint density at radius 3 is 2.56 bits per heavy atom. The molecular weight excluding hydrogens is 212 g/mol. The molecule has 1 aromatic rings. The van der Waals surface area contributed by atoms with Crippen LogP contribution in [0, 0.1) is 21.4 Å². The largest absolute Gasteiger partial charge is 0.298 e. The van der Waals surface area contributed by atoms with Crippen LogP contribution in [0.5, 0.6) is 0 Å². The zero-order chi connectivity index (χ0) is 12.3. The minimum absolute atomic E-state index is 0.112. The fourth-order valence-corrected chi connectivity index (χ4v) is 1.25. The Labute approximate surface area is 90.3 Å².